The second-order valence-corrected chi connectivity index (χ2v) is 6.55. The van der Waals surface area contributed by atoms with Gasteiger partial charge in [-0.3, -0.25) is 0 Å². The van der Waals surface area contributed by atoms with Gasteiger partial charge in [-0.1, -0.05) is 6.92 Å². The van der Waals surface area contributed by atoms with Crippen molar-refractivity contribution in [1.29, 1.82) is 0 Å². The molecule has 3 saturated carbocycles. The summed E-state index contributed by atoms with van der Waals surface area (Å²) in [5.74, 6) is 4.50. The molecule has 3 rings (SSSR count). The highest BCUT2D eigenvalue weighted by atomic mass is 14.9. The number of nitrogens with two attached hydrogens (primary N) is 1. The van der Waals surface area contributed by atoms with Crippen LogP contribution in [0.15, 0.2) is 0 Å². The average molecular weight is 222 g/mol. The minimum Gasteiger partial charge on any atom is -0.327 e. The van der Waals surface area contributed by atoms with E-state index in [4.69, 9.17) is 5.73 Å². The summed E-state index contributed by atoms with van der Waals surface area (Å²) in [5, 5.41) is 3.68. The zero-order valence-corrected chi connectivity index (χ0v) is 10.5. The van der Waals surface area contributed by atoms with Gasteiger partial charge in [0.15, 0.2) is 0 Å². The van der Waals surface area contributed by atoms with Crippen molar-refractivity contribution < 1.29 is 0 Å². The molecule has 2 heteroatoms. The molecule has 0 saturated heterocycles. The van der Waals surface area contributed by atoms with Crippen molar-refractivity contribution in [2.75, 3.05) is 13.1 Å². The molecule has 3 aliphatic carbocycles. The first-order valence-electron chi connectivity index (χ1n) is 7.22. The third-order valence-electron chi connectivity index (χ3n) is 5.43. The van der Waals surface area contributed by atoms with Gasteiger partial charge in [0.05, 0.1) is 0 Å². The van der Waals surface area contributed by atoms with Crippen LogP contribution in [0.5, 0.6) is 0 Å². The molecule has 0 heterocycles. The Hall–Kier alpha value is -0.0800. The van der Waals surface area contributed by atoms with E-state index in [2.05, 4.69) is 12.2 Å². The van der Waals surface area contributed by atoms with Gasteiger partial charge < -0.3 is 11.1 Å². The van der Waals surface area contributed by atoms with Gasteiger partial charge in [0.25, 0.3) is 0 Å². The molecule has 0 aromatic rings. The molecule has 0 spiro atoms. The lowest BCUT2D eigenvalue weighted by Crippen LogP contribution is -2.42. The van der Waals surface area contributed by atoms with Crippen molar-refractivity contribution in [1.82, 2.24) is 5.32 Å². The predicted octanol–water partition coefficient (Wildman–Crippen LogP) is 2.00. The molecule has 5 unspecified atom stereocenters. The van der Waals surface area contributed by atoms with Crippen LogP contribution in [0, 0.1) is 29.6 Å². The Morgan fingerprint density at radius 1 is 1.19 bits per heavy atom. The third-order valence-corrected chi connectivity index (χ3v) is 5.43. The largest absolute Gasteiger partial charge is 0.327 e. The average Bonchev–Trinajstić information content (AvgIpc) is 2.96. The Balaban J connectivity index is 1.41. The van der Waals surface area contributed by atoms with E-state index in [0.29, 0.717) is 6.04 Å². The van der Waals surface area contributed by atoms with Crippen LogP contribution in [0.3, 0.4) is 0 Å². The van der Waals surface area contributed by atoms with Crippen LogP contribution in [0.2, 0.25) is 0 Å². The van der Waals surface area contributed by atoms with E-state index in [1.807, 2.05) is 0 Å². The van der Waals surface area contributed by atoms with Gasteiger partial charge in [-0.05, 0) is 74.8 Å². The van der Waals surface area contributed by atoms with Gasteiger partial charge in [-0.2, -0.15) is 0 Å². The maximum Gasteiger partial charge on any atom is 0.0110 e. The molecule has 3 fully saturated rings. The highest BCUT2D eigenvalue weighted by Crippen LogP contribution is 2.47. The molecule has 5 atom stereocenters. The quantitative estimate of drug-likeness (QED) is 0.746. The maximum atomic E-state index is 6.31. The molecule has 0 aliphatic heterocycles. The molecular formula is C14H26N2. The lowest BCUT2D eigenvalue weighted by Gasteiger charge is -2.28. The minimum atomic E-state index is 0.502. The summed E-state index contributed by atoms with van der Waals surface area (Å²) < 4.78 is 0. The second kappa shape index (κ2) is 4.30. The molecule has 2 nitrogen and oxygen atoms in total. The summed E-state index contributed by atoms with van der Waals surface area (Å²) in [6, 6.07) is 0.502. The fourth-order valence-electron chi connectivity index (χ4n) is 4.07. The van der Waals surface area contributed by atoms with Crippen LogP contribution in [-0.2, 0) is 0 Å². The summed E-state index contributed by atoms with van der Waals surface area (Å²) in [6.45, 7) is 4.79. The number of hydrogen-bond acceptors (Lipinski definition) is 2. The van der Waals surface area contributed by atoms with Crippen LogP contribution in [0.4, 0.5) is 0 Å². The van der Waals surface area contributed by atoms with Gasteiger partial charge in [-0.25, -0.2) is 0 Å². The van der Waals surface area contributed by atoms with Crippen LogP contribution in [-0.4, -0.2) is 19.1 Å². The summed E-state index contributed by atoms with van der Waals surface area (Å²) in [4.78, 5) is 0. The Morgan fingerprint density at radius 3 is 2.56 bits per heavy atom. The van der Waals surface area contributed by atoms with Crippen molar-refractivity contribution in [3.63, 3.8) is 0 Å². The maximum absolute atomic E-state index is 6.31. The van der Waals surface area contributed by atoms with E-state index in [1.165, 1.54) is 45.2 Å². The summed E-state index contributed by atoms with van der Waals surface area (Å²) in [6.07, 6.45) is 7.21. The third kappa shape index (κ3) is 2.02. The molecular weight excluding hydrogens is 196 g/mol. The number of hydrogen-bond donors (Lipinski definition) is 2. The van der Waals surface area contributed by atoms with E-state index in [1.54, 1.807) is 0 Å². The van der Waals surface area contributed by atoms with Crippen LogP contribution >= 0.6 is 0 Å². The number of rotatable bonds is 5. The smallest absolute Gasteiger partial charge is 0.0110 e. The van der Waals surface area contributed by atoms with E-state index in [-0.39, 0.29) is 0 Å². The van der Waals surface area contributed by atoms with E-state index in [0.717, 1.165) is 29.6 Å². The lowest BCUT2D eigenvalue weighted by atomic mass is 9.85. The molecule has 0 aromatic carbocycles. The molecule has 2 bridgehead atoms. The van der Waals surface area contributed by atoms with Gasteiger partial charge in [0.1, 0.15) is 0 Å². The van der Waals surface area contributed by atoms with E-state index >= 15 is 0 Å². The standard InChI is InChI=1S/C14H26N2/c1-9(10-2-3-10)7-16-8-13-11-4-5-12(6-11)14(13)15/h9-14,16H,2-8,15H2,1H3. The normalized spacial score (nSPS) is 43.9. The predicted molar refractivity (Wildman–Crippen MR) is 67.1 cm³/mol. The van der Waals surface area contributed by atoms with Crippen molar-refractivity contribution >= 4 is 0 Å². The Bertz CT molecular complexity index is 247. The highest BCUT2D eigenvalue weighted by Gasteiger charge is 2.45. The Labute approximate surface area is 99.4 Å². The molecule has 3 N–H and O–H groups in total. The van der Waals surface area contributed by atoms with Crippen LogP contribution in [0.25, 0.3) is 0 Å². The van der Waals surface area contributed by atoms with Gasteiger partial charge in [0.2, 0.25) is 0 Å². The highest BCUT2D eigenvalue weighted by molar-refractivity contribution is 4.99. The fraction of sp³-hybridized carbons (Fsp3) is 1.00. The topological polar surface area (TPSA) is 38.0 Å². The monoisotopic (exact) mass is 222 g/mol. The van der Waals surface area contributed by atoms with Crippen molar-refractivity contribution in [2.24, 2.45) is 35.3 Å². The van der Waals surface area contributed by atoms with Crippen molar-refractivity contribution in [3.05, 3.63) is 0 Å². The Kier molecular flexibility index (Phi) is 2.97. The molecule has 16 heavy (non-hydrogen) atoms. The molecule has 0 aromatic heterocycles. The summed E-state index contributed by atoms with van der Waals surface area (Å²) in [5.41, 5.74) is 6.31. The number of nitrogens with one attached hydrogen (secondary N) is 1. The summed E-state index contributed by atoms with van der Waals surface area (Å²) >= 11 is 0. The SMILES string of the molecule is CC(CNCC1C2CCC(C2)C1N)C1CC1. The first-order valence-corrected chi connectivity index (χ1v) is 7.22. The van der Waals surface area contributed by atoms with Crippen LogP contribution < -0.4 is 11.1 Å². The first-order chi connectivity index (χ1) is 7.75. The molecule has 0 amide bonds. The zero-order valence-electron chi connectivity index (χ0n) is 10.5. The Morgan fingerprint density at radius 2 is 1.94 bits per heavy atom. The number of fused-ring (bicyclic) bond motifs is 2. The van der Waals surface area contributed by atoms with E-state index in [9.17, 15) is 0 Å². The van der Waals surface area contributed by atoms with E-state index < -0.39 is 0 Å². The molecule has 92 valence electrons. The summed E-state index contributed by atoms with van der Waals surface area (Å²) in [7, 11) is 0. The zero-order chi connectivity index (χ0) is 11.1. The van der Waals surface area contributed by atoms with Crippen molar-refractivity contribution in [2.45, 2.75) is 45.1 Å². The van der Waals surface area contributed by atoms with Crippen LogP contribution in [0.1, 0.15) is 39.0 Å². The molecule has 0 radical (unpaired) electrons. The first kappa shape index (κ1) is 11.0. The lowest BCUT2D eigenvalue weighted by molar-refractivity contribution is 0.272. The van der Waals surface area contributed by atoms with Crippen molar-refractivity contribution in [3.8, 4) is 0 Å². The minimum absolute atomic E-state index is 0.502. The van der Waals surface area contributed by atoms with Gasteiger partial charge >= 0.3 is 0 Å². The second-order valence-electron chi connectivity index (χ2n) is 6.55. The van der Waals surface area contributed by atoms with Gasteiger partial charge in [-0.15, -0.1) is 0 Å². The molecule has 3 aliphatic rings. The fourth-order valence-corrected chi connectivity index (χ4v) is 4.07. The van der Waals surface area contributed by atoms with Gasteiger partial charge in [0, 0.05) is 6.04 Å².